The zero-order valence-electron chi connectivity index (χ0n) is 8.44. The van der Waals surface area contributed by atoms with E-state index in [4.69, 9.17) is 5.26 Å². The van der Waals surface area contributed by atoms with E-state index in [1.54, 1.807) is 12.3 Å². The Bertz CT molecular complexity index is 524. The summed E-state index contributed by atoms with van der Waals surface area (Å²) in [5.74, 6) is 0. The van der Waals surface area contributed by atoms with Gasteiger partial charge in [-0.2, -0.15) is 5.26 Å². The van der Waals surface area contributed by atoms with Gasteiger partial charge in [0.05, 0.1) is 11.6 Å². The Morgan fingerprint density at radius 2 is 2.13 bits per heavy atom. The van der Waals surface area contributed by atoms with Gasteiger partial charge in [0, 0.05) is 12.4 Å². The molecule has 0 fully saturated rings. The van der Waals surface area contributed by atoms with Gasteiger partial charge in [-0.15, -0.1) is 0 Å². The first-order chi connectivity index (χ1) is 7.31. The van der Waals surface area contributed by atoms with E-state index in [-0.39, 0.29) is 0 Å². The lowest BCUT2D eigenvalue weighted by atomic mass is 10.0. The number of hydrogen-bond donors (Lipinski definition) is 0. The Labute approximate surface area is 88.8 Å². The fraction of sp³-hybridized carbons (Fsp3) is 0.0769. The fourth-order valence-electron chi connectivity index (χ4n) is 1.55. The minimum absolute atomic E-state index is 0.684. The van der Waals surface area contributed by atoms with Gasteiger partial charge in [-0.05, 0) is 41.8 Å². The predicted octanol–water partition coefficient (Wildman–Crippen LogP) is 2.93. The predicted molar refractivity (Wildman–Crippen MR) is 59.1 cm³/mol. The van der Waals surface area contributed by atoms with Crippen molar-refractivity contribution in [1.82, 2.24) is 4.98 Å². The van der Waals surface area contributed by atoms with Crippen molar-refractivity contribution in [3.05, 3.63) is 53.9 Å². The van der Waals surface area contributed by atoms with Crippen LogP contribution < -0.4 is 0 Å². The van der Waals surface area contributed by atoms with Gasteiger partial charge in [-0.3, -0.25) is 4.98 Å². The van der Waals surface area contributed by atoms with Gasteiger partial charge in [-0.25, -0.2) is 0 Å². The number of nitrogens with zero attached hydrogens (tertiary/aromatic N) is 2. The molecule has 2 aromatic rings. The summed E-state index contributed by atoms with van der Waals surface area (Å²) in [4.78, 5) is 4.05. The van der Waals surface area contributed by atoms with Crippen LogP contribution in [0, 0.1) is 18.3 Å². The molecule has 0 aliphatic rings. The third kappa shape index (κ3) is 1.87. The summed E-state index contributed by atoms with van der Waals surface area (Å²) in [7, 11) is 0. The van der Waals surface area contributed by atoms with Gasteiger partial charge >= 0.3 is 0 Å². The van der Waals surface area contributed by atoms with Gasteiger partial charge < -0.3 is 0 Å². The monoisotopic (exact) mass is 194 g/mol. The summed E-state index contributed by atoms with van der Waals surface area (Å²) in [6.07, 6.45) is 3.59. The average molecular weight is 194 g/mol. The van der Waals surface area contributed by atoms with E-state index < -0.39 is 0 Å². The van der Waals surface area contributed by atoms with Crippen molar-refractivity contribution in [3.8, 4) is 17.2 Å². The summed E-state index contributed by atoms with van der Waals surface area (Å²) in [6, 6.07) is 11.7. The highest BCUT2D eigenvalue weighted by atomic mass is 14.6. The second-order valence-electron chi connectivity index (χ2n) is 3.38. The molecule has 1 heterocycles. The van der Waals surface area contributed by atoms with Crippen LogP contribution in [0.2, 0.25) is 0 Å². The lowest BCUT2D eigenvalue weighted by Crippen LogP contribution is -1.85. The first-order valence-corrected chi connectivity index (χ1v) is 4.72. The molecule has 72 valence electrons. The summed E-state index contributed by atoms with van der Waals surface area (Å²) in [5.41, 5.74) is 3.99. The number of benzene rings is 1. The highest BCUT2D eigenvalue weighted by Crippen LogP contribution is 2.22. The molecule has 0 unspecified atom stereocenters. The molecule has 2 rings (SSSR count). The molecular weight excluding hydrogens is 184 g/mol. The Morgan fingerprint density at radius 1 is 1.27 bits per heavy atom. The zero-order chi connectivity index (χ0) is 10.7. The van der Waals surface area contributed by atoms with Crippen molar-refractivity contribution >= 4 is 0 Å². The van der Waals surface area contributed by atoms with E-state index in [9.17, 15) is 0 Å². The summed E-state index contributed by atoms with van der Waals surface area (Å²) < 4.78 is 0. The molecular formula is C13H10N2. The van der Waals surface area contributed by atoms with E-state index >= 15 is 0 Å². The molecule has 2 nitrogen and oxygen atoms in total. The molecule has 0 bridgehead atoms. The van der Waals surface area contributed by atoms with Crippen molar-refractivity contribution in [1.29, 1.82) is 5.26 Å². The quantitative estimate of drug-likeness (QED) is 0.699. The van der Waals surface area contributed by atoms with Crippen LogP contribution in [0.15, 0.2) is 42.7 Å². The molecule has 0 amide bonds. The molecule has 0 aliphatic carbocycles. The average Bonchev–Trinajstić information content (AvgIpc) is 2.30. The molecule has 0 spiro atoms. The lowest BCUT2D eigenvalue weighted by molar-refractivity contribution is 1.27. The van der Waals surface area contributed by atoms with E-state index in [2.05, 4.69) is 11.1 Å². The van der Waals surface area contributed by atoms with Crippen molar-refractivity contribution in [3.63, 3.8) is 0 Å². The van der Waals surface area contributed by atoms with Crippen LogP contribution in [-0.4, -0.2) is 4.98 Å². The highest BCUT2D eigenvalue weighted by molar-refractivity contribution is 5.67. The molecule has 1 aromatic heterocycles. The molecule has 1 aromatic carbocycles. The standard InChI is InChI=1S/C13H10N2/c1-10-9-15-6-5-13(10)12-4-2-3-11(7-12)8-14/h2-7,9H,1H3. The topological polar surface area (TPSA) is 36.7 Å². The third-order valence-corrected chi connectivity index (χ3v) is 2.32. The number of rotatable bonds is 1. The van der Waals surface area contributed by atoms with Gasteiger partial charge in [0.15, 0.2) is 0 Å². The van der Waals surface area contributed by atoms with Gasteiger partial charge in [0.2, 0.25) is 0 Å². The van der Waals surface area contributed by atoms with Crippen LogP contribution in [0.4, 0.5) is 0 Å². The number of hydrogen-bond acceptors (Lipinski definition) is 2. The molecule has 0 N–H and O–H groups in total. The van der Waals surface area contributed by atoms with Crippen molar-refractivity contribution in [2.24, 2.45) is 0 Å². The Balaban J connectivity index is 2.55. The van der Waals surface area contributed by atoms with E-state index in [1.807, 2.05) is 37.4 Å². The van der Waals surface area contributed by atoms with Crippen LogP contribution in [0.25, 0.3) is 11.1 Å². The van der Waals surface area contributed by atoms with E-state index in [0.29, 0.717) is 5.56 Å². The minimum Gasteiger partial charge on any atom is -0.264 e. The van der Waals surface area contributed by atoms with Gasteiger partial charge in [-0.1, -0.05) is 12.1 Å². The maximum atomic E-state index is 8.82. The molecule has 0 saturated carbocycles. The summed E-state index contributed by atoms with van der Waals surface area (Å²) >= 11 is 0. The van der Waals surface area contributed by atoms with Crippen molar-refractivity contribution in [2.75, 3.05) is 0 Å². The number of aryl methyl sites for hydroxylation is 1. The smallest absolute Gasteiger partial charge is 0.0991 e. The number of pyridine rings is 1. The largest absolute Gasteiger partial charge is 0.264 e. The van der Waals surface area contributed by atoms with Crippen molar-refractivity contribution in [2.45, 2.75) is 6.92 Å². The molecule has 15 heavy (non-hydrogen) atoms. The van der Waals surface area contributed by atoms with Crippen LogP contribution in [0.1, 0.15) is 11.1 Å². The van der Waals surface area contributed by atoms with Gasteiger partial charge in [0.1, 0.15) is 0 Å². The van der Waals surface area contributed by atoms with E-state index in [0.717, 1.165) is 16.7 Å². The summed E-state index contributed by atoms with van der Waals surface area (Å²) in [6.45, 7) is 2.02. The van der Waals surface area contributed by atoms with Crippen molar-refractivity contribution < 1.29 is 0 Å². The number of aromatic nitrogens is 1. The summed E-state index contributed by atoms with van der Waals surface area (Å²) in [5, 5.41) is 8.82. The maximum absolute atomic E-state index is 8.82. The Kier molecular flexibility index (Phi) is 2.47. The second-order valence-corrected chi connectivity index (χ2v) is 3.38. The zero-order valence-corrected chi connectivity index (χ0v) is 8.44. The Hall–Kier alpha value is -2.14. The fourth-order valence-corrected chi connectivity index (χ4v) is 1.55. The van der Waals surface area contributed by atoms with Crippen LogP contribution in [0.3, 0.4) is 0 Å². The number of nitriles is 1. The SMILES string of the molecule is Cc1cnccc1-c1cccc(C#N)c1. The normalized spacial score (nSPS) is 9.60. The first-order valence-electron chi connectivity index (χ1n) is 4.72. The molecule has 0 radical (unpaired) electrons. The van der Waals surface area contributed by atoms with Crippen LogP contribution in [0.5, 0.6) is 0 Å². The minimum atomic E-state index is 0.684. The molecule has 2 heteroatoms. The maximum Gasteiger partial charge on any atom is 0.0991 e. The molecule has 0 saturated heterocycles. The van der Waals surface area contributed by atoms with Crippen LogP contribution in [-0.2, 0) is 0 Å². The molecule has 0 aliphatic heterocycles. The van der Waals surface area contributed by atoms with Gasteiger partial charge in [0.25, 0.3) is 0 Å². The first kappa shape index (κ1) is 9.42. The lowest BCUT2D eigenvalue weighted by Gasteiger charge is -2.04. The van der Waals surface area contributed by atoms with E-state index in [1.165, 1.54) is 0 Å². The highest BCUT2D eigenvalue weighted by Gasteiger charge is 2.01. The second kappa shape index (κ2) is 3.93. The molecule has 0 atom stereocenters. The Morgan fingerprint density at radius 3 is 2.87 bits per heavy atom. The third-order valence-electron chi connectivity index (χ3n) is 2.32. The van der Waals surface area contributed by atoms with Crippen LogP contribution >= 0.6 is 0 Å².